The van der Waals surface area contributed by atoms with E-state index >= 15 is 0 Å². The maximum Gasteiger partial charge on any atom is 0.420 e. The highest BCUT2D eigenvalue weighted by molar-refractivity contribution is 6.37. The Kier molecular flexibility index (Phi) is 4.18. The predicted octanol–water partition coefficient (Wildman–Crippen LogP) is 0.150. The second-order valence-electron chi connectivity index (χ2n) is 3.84. The van der Waals surface area contributed by atoms with E-state index in [0.717, 1.165) is 0 Å². The van der Waals surface area contributed by atoms with Crippen molar-refractivity contribution in [3.05, 3.63) is 5.53 Å². The Labute approximate surface area is 93.8 Å². The maximum absolute atomic E-state index is 11.5. The molecule has 1 aliphatic rings. The van der Waals surface area contributed by atoms with E-state index in [1.807, 2.05) is 0 Å². The molecule has 2 unspecified atom stereocenters. The maximum atomic E-state index is 11.5. The SMILES string of the molecule is CCOC(=O)C(=[N+]=[N-])C1(O)CCOC(C)C1. The molecule has 0 aromatic carbocycles. The van der Waals surface area contributed by atoms with Crippen molar-refractivity contribution in [3.63, 3.8) is 0 Å². The number of ether oxygens (including phenoxy) is 2. The van der Waals surface area contributed by atoms with Crippen LogP contribution in [0.1, 0.15) is 26.7 Å². The van der Waals surface area contributed by atoms with Crippen molar-refractivity contribution in [1.82, 2.24) is 0 Å². The van der Waals surface area contributed by atoms with Crippen LogP contribution >= 0.6 is 0 Å². The molecule has 0 aliphatic carbocycles. The molecule has 0 spiro atoms. The zero-order chi connectivity index (χ0) is 12.2. The van der Waals surface area contributed by atoms with Crippen molar-refractivity contribution in [2.45, 2.75) is 38.4 Å². The highest BCUT2D eigenvalue weighted by Gasteiger charge is 2.49. The number of aliphatic hydroxyl groups is 1. The van der Waals surface area contributed by atoms with Crippen LogP contribution in [-0.4, -0.2) is 46.5 Å². The summed E-state index contributed by atoms with van der Waals surface area (Å²) in [4.78, 5) is 14.3. The van der Waals surface area contributed by atoms with Crippen LogP contribution in [0.25, 0.3) is 5.53 Å². The fourth-order valence-electron chi connectivity index (χ4n) is 1.80. The van der Waals surface area contributed by atoms with Crippen molar-refractivity contribution in [2.24, 2.45) is 0 Å². The first-order chi connectivity index (χ1) is 7.53. The van der Waals surface area contributed by atoms with Gasteiger partial charge in [0.2, 0.25) is 0 Å². The highest BCUT2D eigenvalue weighted by atomic mass is 16.5. The van der Waals surface area contributed by atoms with Crippen molar-refractivity contribution < 1.29 is 24.2 Å². The van der Waals surface area contributed by atoms with Crippen LogP contribution in [0.15, 0.2) is 0 Å². The van der Waals surface area contributed by atoms with Gasteiger partial charge in [-0.2, -0.15) is 4.79 Å². The lowest BCUT2D eigenvalue weighted by Crippen LogP contribution is -2.50. The van der Waals surface area contributed by atoms with Gasteiger partial charge in [-0.05, 0) is 13.8 Å². The summed E-state index contributed by atoms with van der Waals surface area (Å²) in [7, 11) is 0. The van der Waals surface area contributed by atoms with Gasteiger partial charge in [0.05, 0.1) is 19.3 Å². The predicted molar refractivity (Wildman–Crippen MR) is 54.9 cm³/mol. The van der Waals surface area contributed by atoms with Crippen molar-refractivity contribution in [3.8, 4) is 0 Å². The molecule has 1 saturated heterocycles. The van der Waals surface area contributed by atoms with E-state index in [1.54, 1.807) is 13.8 Å². The zero-order valence-corrected chi connectivity index (χ0v) is 9.47. The standard InChI is InChI=1S/C10H16N2O4/c1-3-15-9(13)8(12-11)10(14)4-5-16-7(2)6-10/h7,14H,3-6H2,1-2H3. The number of carbonyl (C=O) groups excluding carboxylic acids is 1. The molecule has 0 amide bonds. The lowest BCUT2D eigenvalue weighted by atomic mass is 9.86. The molecule has 1 fully saturated rings. The monoisotopic (exact) mass is 228 g/mol. The van der Waals surface area contributed by atoms with Crippen molar-refractivity contribution >= 4 is 11.7 Å². The summed E-state index contributed by atoms with van der Waals surface area (Å²) >= 11 is 0. The molecular formula is C10H16N2O4. The average molecular weight is 228 g/mol. The molecule has 0 radical (unpaired) electrons. The minimum absolute atomic E-state index is 0.167. The quantitative estimate of drug-likeness (QED) is 0.322. The molecule has 0 bridgehead atoms. The number of hydrogen-bond acceptors (Lipinski definition) is 4. The second-order valence-corrected chi connectivity index (χ2v) is 3.84. The summed E-state index contributed by atoms with van der Waals surface area (Å²) in [6, 6.07) is 0. The third-order valence-electron chi connectivity index (χ3n) is 2.55. The van der Waals surface area contributed by atoms with Crippen LogP contribution in [0.3, 0.4) is 0 Å². The van der Waals surface area contributed by atoms with Crippen molar-refractivity contribution in [1.29, 1.82) is 0 Å². The Morgan fingerprint density at radius 3 is 2.94 bits per heavy atom. The summed E-state index contributed by atoms with van der Waals surface area (Å²) in [6.45, 7) is 3.91. The zero-order valence-electron chi connectivity index (χ0n) is 9.47. The van der Waals surface area contributed by atoms with Crippen LogP contribution in [0, 0.1) is 0 Å². The van der Waals surface area contributed by atoms with E-state index in [4.69, 9.17) is 15.0 Å². The van der Waals surface area contributed by atoms with Gasteiger partial charge in [-0.1, -0.05) is 0 Å². The molecule has 0 aromatic heterocycles. The minimum Gasteiger partial charge on any atom is -0.457 e. The van der Waals surface area contributed by atoms with Crippen LogP contribution in [0.4, 0.5) is 0 Å². The fourth-order valence-corrected chi connectivity index (χ4v) is 1.80. The third kappa shape index (κ3) is 2.66. The van der Waals surface area contributed by atoms with E-state index in [1.165, 1.54) is 0 Å². The first kappa shape index (κ1) is 12.8. The first-order valence-corrected chi connectivity index (χ1v) is 5.27. The lowest BCUT2D eigenvalue weighted by Gasteiger charge is -2.31. The number of hydrogen-bond donors (Lipinski definition) is 1. The Morgan fingerprint density at radius 2 is 2.44 bits per heavy atom. The first-order valence-electron chi connectivity index (χ1n) is 5.27. The molecule has 1 heterocycles. The van der Waals surface area contributed by atoms with E-state index in [0.29, 0.717) is 6.61 Å². The molecule has 6 heteroatoms. The Balaban J connectivity index is 2.87. The summed E-state index contributed by atoms with van der Waals surface area (Å²) < 4.78 is 9.98. The molecule has 2 atom stereocenters. The Hall–Kier alpha value is -1.23. The second kappa shape index (κ2) is 5.21. The number of carbonyl (C=O) groups is 1. The van der Waals surface area contributed by atoms with Crippen LogP contribution < -0.4 is 0 Å². The van der Waals surface area contributed by atoms with Gasteiger partial charge in [0, 0.05) is 12.8 Å². The lowest BCUT2D eigenvalue weighted by molar-refractivity contribution is -0.147. The van der Waals surface area contributed by atoms with Gasteiger partial charge in [-0.15, -0.1) is 0 Å². The van der Waals surface area contributed by atoms with Gasteiger partial charge in [0.15, 0.2) is 5.60 Å². The molecule has 16 heavy (non-hydrogen) atoms. The summed E-state index contributed by atoms with van der Waals surface area (Å²) in [5.74, 6) is -0.790. The van der Waals surface area contributed by atoms with Gasteiger partial charge in [-0.25, -0.2) is 4.79 Å². The molecule has 0 saturated carbocycles. The fraction of sp³-hybridized carbons (Fsp3) is 0.800. The van der Waals surface area contributed by atoms with Gasteiger partial charge < -0.3 is 20.1 Å². The smallest absolute Gasteiger partial charge is 0.420 e. The van der Waals surface area contributed by atoms with Crippen LogP contribution in [0.5, 0.6) is 0 Å². The number of nitrogens with zero attached hydrogens (tertiary/aromatic N) is 2. The molecule has 1 aliphatic heterocycles. The summed E-state index contributed by atoms with van der Waals surface area (Å²) in [6.07, 6.45) is 0.241. The molecule has 90 valence electrons. The number of rotatable bonds is 3. The molecule has 0 aromatic rings. The van der Waals surface area contributed by atoms with Gasteiger partial charge in [0.25, 0.3) is 0 Å². The summed E-state index contributed by atoms with van der Waals surface area (Å²) in [5, 5.41) is 10.2. The van der Waals surface area contributed by atoms with E-state index in [-0.39, 0.29) is 31.3 Å². The minimum atomic E-state index is -1.46. The van der Waals surface area contributed by atoms with Gasteiger partial charge in [-0.3, -0.25) is 0 Å². The largest absolute Gasteiger partial charge is 0.457 e. The average Bonchev–Trinajstić information content (AvgIpc) is 2.17. The Morgan fingerprint density at radius 1 is 1.75 bits per heavy atom. The van der Waals surface area contributed by atoms with E-state index in [9.17, 15) is 9.90 Å². The number of esters is 1. The van der Waals surface area contributed by atoms with Crippen LogP contribution in [-0.2, 0) is 14.3 Å². The van der Waals surface area contributed by atoms with E-state index in [2.05, 4.69) is 4.79 Å². The van der Waals surface area contributed by atoms with Crippen LogP contribution in [0.2, 0.25) is 0 Å². The summed E-state index contributed by atoms with van der Waals surface area (Å²) in [5.41, 5.74) is 7.01. The molecular weight excluding hydrogens is 212 g/mol. The van der Waals surface area contributed by atoms with E-state index < -0.39 is 11.6 Å². The highest BCUT2D eigenvalue weighted by Crippen LogP contribution is 2.26. The van der Waals surface area contributed by atoms with Crippen molar-refractivity contribution in [2.75, 3.05) is 13.2 Å². The Bertz CT molecular complexity index is 325. The topological polar surface area (TPSA) is 92.2 Å². The van der Waals surface area contributed by atoms with Gasteiger partial charge >= 0.3 is 11.7 Å². The third-order valence-corrected chi connectivity index (χ3v) is 2.55. The van der Waals surface area contributed by atoms with Gasteiger partial charge in [0.1, 0.15) is 0 Å². The molecule has 1 N–H and O–H groups in total. The molecule has 1 rings (SSSR count). The normalized spacial score (nSPS) is 29.3. The molecule has 6 nitrogen and oxygen atoms in total.